The maximum atomic E-state index is 15.0. The van der Waals surface area contributed by atoms with Crippen LogP contribution in [0.1, 0.15) is 101 Å². The molecule has 0 aliphatic carbocycles. The largest absolute Gasteiger partial charge is 0.508 e. The van der Waals surface area contributed by atoms with Gasteiger partial charge in [-0.05, 0) is 129 Å². The van der Waals surface area contributed by atoms with Crippen molar-refractivity contribution in [2.45, 2.75) is 165 Å². The van der Waals surface area contributed by atoms with Gasteiger partial charge in [-0.3, -0.25) is 57.7 Å². The van der Waals surface area contributed by atoms with Gasteiger partial charge in [-0.25, -0.2) is 0 Å². The van der Waals surface area contributed by atoms with Gasteiger partial charge < -0.3 is 95.9 Å². The Morgan fingerprint density at radius 1 is 0.559 bits per heavy atom. The average Bonchev–Trinajstić information content (AvgIpc) is 1.64. The number of phenolic OH excluding ortho intramolecular Hbond substituents is 1. The van der Waals surface area contributed by atoms with Crippen molar-refractivity contribution in [2.75, 3.05) is 26.2 Å². The third kappa shape index (κ3) is 23.2. The molecule has 11 amide bonds. The Bertz CT molecular complexity index is 3930. The van der Waals surface area contributed by atoms with E-state index in [0.29, 0.717) is 51.0 Å². The number of guanidine groups is 1. The number of nitrogens with zero attached hydrogens (tertiary/aromatic N) is 2. The number of aromatic nitrogens is 2. The lowest BCUT2D eigenvalue weighted by Crippen LogP contribution is -2.61. The summed E-state index contributed by atoms with van der Waals surface area (Å²) in [5, 5.41) is 47.4. The van der Waals surface area contributed by atoms with Crippen molar-refractivity contribution in [3.63, 3.8) is 0 Å². The second-order valence-electron chi connectivity index (χ2n) is 25.9. The van der Waals surface area contributed by atoms with Gasteiger partial charge in [0, 0.05) is 84.9 Å². The molecule has 21 N–H and O–H groups in total. The van der Waals surface area contributed by atoms with Crippen LogP contribution in [0, 0.1) is 5.92 Å². The van der Waals surface area contributed by atoms with E-state index < -0.39 is 132 Å². The van der Waals surface area contributed by atoms with Gasteiger partial charge in [0.2, 0.25) is 65.0 Å². The third-order valence-electron chi connectivity index (χ3n) is 17.4. The molecule has 2 aromatic heterocycles. The minimum atomic E-state index is -1.82. The van der Waals surface area contributed by atoms with Gasteiger partial charge in [0.15, 0.2) is 5.96 Å². The summed E-state index contributed by atoms with van der Waals surface area (Å²) >= 11 is 6.26. The number of aromatic amines is 2. The molecular formula is C71H94ClN17O13. The summed E-state index contributed by atoms with van der Waals surface area (Å²) in [7, 11) is 0. The number of carbonyl (C=O) groups is 11. The van der Waals surface area contributed by atoms with Gasteiger partial charge in [0.05, 0.1) is 6.61 Å². The standard InChI is InChI=1S/C71H94ClN17O13/c1-39(2)31-54(63(95)83-53(18-11-29-77-71(75)76)70(102)89-30-12-19-60(89)69(101)80-40(3)61(74)93)84-62(94)52(17-9-10-28-73)82-64(96)55(33-43-22-26-47(92)27-23-43)86-68(100)59(38-90)88-67(99)58(35-45-37-79-51-16-8-6-14-49(45)51)87-65(97)56(32-42-20-24-46(72)25-21-42)85-66(98)57(81-41(4)91)34-44-36-78-50-15-7-5-13-48(44)50/h5-8,13-16,20-27,36-37,39-40,52-60,78-79,90,92H,9-12,17-19,28-35,38,73H2,1-4H3,(H2,74,93)(H,80,101)(H,81,91)(H,82,96)(H,83,95)(H,84,94)(H,85,98)(H,86,100)(H,87,97)(H,88,99)(H4,75,76,77)/t40-,52-,53+,54+,55+,56-,57-,58-,59+,60+/m1/s1. The zero-order chi connectivity index (χ0) is 74.2. The molecule has 4 aromatic carbocycles. The first kappa shape index (κ1) is 78.7. The molecule has 102 heavy (non-hydrogen) atoms. The van der Waals surface area contributed by atoms with Crippen molar-refractivity contribution in [1.82, 2.24) is 62.7 Å². The quantitative estimate of drug-likeness (QED) is 0.0142. The van der Waals surface area contributed by atoms with Crippen LogP contribution < -0.4 is 70.8 Å². The molecule has 7 rings (SSSR count). The highest BCUT2D eigenvalue weighted by Gasteiger charge is 2.40. The van der Waals surface area contributed by atoms with Crippen LogP contribution in [0.5, 0.6) is 5.75 Å². The number of nitrogens with two attached hydrogens (primary N) is 4. The summed E-state index contributed by atoms with van der Waals surface area (Å²) in [5.41, 5.74) is 26.1. The lowest BCUT2D eigenvalue weighted by molar-refractivity contribution is -0.142. The zero-order valence-corrected chi connectivity index (χ0v) is 58.3. The minimum Gasteiger partial charge on any atom is -0.508 e. The molecule has 0 saturated carbocycles. The number of aliphatic hydroxyl groups is 1. The summed E-state index contributed by atoms with van der Waals surface area (Å²) in [6.45, 7) is 5.63. The Labute approximate surface area is 595 Å². The van der Waals surface area contributed by atoms with Crippen LogP contribution in [0.3, 0.4) is 0 Å². The number of carbonyl (C=O) groups excluding carboxylic acids is 11. The summed E-state index contributed by atoms with van der Waals surface area (Å²) in [6.07, 6.45) is 4.31. The smallest absolute Gasteiger partial charge is 0.245 e. The molecule has 0 spiro atoms. The Kier molecular flexibility index (Phi) is 29.6. The van der Waals surface area contributed by atoms with Gasteiger partial charge in [0.25, 0.3) is 0 Å². The fourth-order valence-electron chi connectivity index (χ4n) is 12.1. The minimum absolute atomic E-state index is 0.00779. The number of aromatic hydroxyl groups is 1. The van der Waals surface area contributed by atoms with Gasteiger partial charge in [-0.15, -0.1) is 0 Å². The number of fused-ring (bicyclic) bond motifs is 2. The number of unbranched alkanes of at least 4 members (excludes halogenated alkanes) is 1. The van der Waals surface area contributed by atoms with Crippen molar-refractivity contribution >= 4 is 104 Å². The molecule has 548 valence electrons. The van der Waals surface area contributed by atoms with Crippen molar-refractivity contribution in [1.29, 1.82) is 0 Å². The SMILES string of the molecule is CC(=O)N[C@H](Cc1c[nH]c2ccccc12)C(=O)N[C@H](Cc1ccc(Cl)cc1)C(=O)N[C@H](Cc1c[nH]c2ccccc12)C(=O)N[C@@H](CO)C(=O)N[C@@H](Cc1ccc(O)cc1)C(=O)N[C@H](CCCCN)C(=O)N[C@@H](CC(C)C)C(=O)N[C@@H](CCCN=C(N)N)C(=O)N1CCC[C@H]1C(=O)N[C@H](C)C(N)=O. The summed E-state index contributed by atoms with van der Waals surface area (Å²) < 4.78 is 0. The van der Waals surface area contributed by atoms with E-state index in [1.54, 1.807) is 74.8 Å². The number of halogens is 1. The highest BCUT2D eigenvalue weighted by Crippen LogP contribution is 2.24. The molecule has 6 aromatic rings. The van der Waals surface area contributed by atoms with Crippen LogP contribution in [0.15, 0.2) is 114 Å². The van der Waals surface area contributed by atoms with Gasteiger partial charge >= 0.3 is 0 Å². The molecule has 0 bridgehead atoms. The predicted octanol–water partition coefficient (Wildman–Crippen LogP) is 0.379. The number of hydrogen-bond donors (Lipinski definition) is 17. The number of primary amides is 1. The van der Waals surface area contributed by atoms with Crippen molar-refractivity contribution in [2.24, 2.45) is 33.8 Å². The average molecular weight is 1430 g/mol. The Balaban J connectivity index is 1.13. The van der Waals surface area contributed by atoms with E-state index in [2.05, 4.69) is 62.8 Å². The molecule has 10 atom stereocenters. The molecule has 0 unspecified atom stereocenters. The van der Waals surface area contributed by atoms with Crippen LogP contribution in [0.2, 0.25) is 5.02 Å². The molecule has 0 radical (unpaired) electrons. The first-order valence-electron chi connectivity index (χ1n) is 34.0. The van der Waals surface area contributed by atoms with Crippen molar-refractivity contribution in [3.05, 3.63) is 137 Å². The monoisotopic (exact) mass is 1430 g/mol. The van der Waals surface area contributed by atoms with Crippen LogP contribution in [0.25, 0.3) is 21.8 Å². The Morgan fingerprint density at radius 2 is 1.01 bits per heavy atom. The lowest BCUT2D eigenvalue weighted by Gasteiger charge is -2.31. The summed E-state index contributed by atoms with van der Waals surface area (Å²) in [5.74, 6) is -9.29. The number of rotatable bonds is 38. The highest BCUT2D eigenvalue weighted by atomic mass is 35.5. The fourth-order valence-corrected chi connectivity index (χ4v) is 12.2. The van der Waals surface area contributed by atoms with E-state index in [9.17, 15) is 63.0 Å². The highest BCUT2D eigenvalue weighted by molar-refractivity contribution is 6.30. The van der Waals surface area contributed by atoms with Crippen molar-refractivity contribution in [3.8, 4) is 5.75 Å². The molecular weight excluding hydrogens is 1330 g/mol. The summed E-state index contributed by atoms with van der Waals surface area (Å²) in [4.78, 5) is 167. The van der Waals surface area contributed by atoms with Crippen LogP contribution in [0.4, 0.5) is 0 Å². The van der Waals surface area contributed by atoms with E-state index >= 15 is 0 Å². The number of amides is 11. The van der Waals surface area contributed by atoms with E-state index in [-0.39, 0.29) is 101 Å². The van der Waals surface area contributed by atoms with Crippen LogP contribution in [-0.2, 0) is 78.4 Å². The molecule has 1 aliphatic rings. The Morgan fingerprint density at radius 3 is 1.52 bits per heavy atom. The maximum absolute atomic E-state index is 15.0. The van der Waals surface area contributed by atoms with E-state index in [1.165, 1.54) is 43.0 Å². The van der Waals surface area contributed by atoms with E-state index in [4.69, 9.17) is 34.5 Å². The number of benzene rings is 4. The number of H-pyrrole nitrogens is 2. The molecule has 3 heterocycles. The first-order valence-corrected chi connectivity index (χ1v) is 34.4. The number of hydrogen-bond acceptors (Lipinski definition) is 15. The third-order valence-corrected chi connectivity index (χ3v) is 17.7. The second-order valence-corrected chi connectivity index (χ2v) is 26.3. The van der Waals surface area contributed by atoms with E-state index in [0.717, 1.165) is 10.9 Å². The van der Waals surface area contributed by atoms with Gasteiger partial charge in [-0.1, -0.05) is 86.1 Å². The normalized spacial score (nSPS) is 15.4. The maximum Gasteiger partial charge on any atom is 0.245 e. The molecule has 1 saturated heterocycles. The molecule has 31 heteroatoms. The first-order chi connectivity index (χ1) is 48.7. The number of nitrogens with one attached hydrogen (secondary N) is 11. The second kappa shape index (κ2) is 38.3. The Hall–Kier alpha value is -10.6. The number of aliphatic imine (C=N–C) groups is 1. The fraction of sp³-hybridized carbons (Fsp3) is 0.437. The molecule has 1 aliphatic heterocycles. The topological polar surface area (TPSA) is 488 Å². The zero-order valence-electron chi connectivity index (χ0n) is 57.5. The number of para-hydroxylation sites is 2. The van der Waals surface area contributed by atoms with Gasteiger partial charge in [-0.2, -0.15) is 0 Å². The van der Waals surface area contributed by atoms with Crippen molar-refractivity contribution < 1.29 is 63.0 Å². The van der Waals surface area contributed by atoms with Gasteiger partial charge in [0.1, 0.15) is 66.2 Å². The predicted molar refractivity (Wildman–Crippen MR) is 383 cm³/mol. The lowest BCUT2D eigenvalue weighted by atomic mass is 10.00. The molecule has 30 nitrogen and oxygen atoms in total. The number of likely N-dealkylation sites (tertiary alicyclic amines) is 1. The number of aliphatic hydroxyl groups excluding tert-OH is 1. The molecule has 1 fully saturated rings. The van der Waals surface area contributed by atoms with Crippen LogP contribution >= 0.6 is 11.6 Å². The number of phenols is 1. The van der Waals surface area contributed by atoms with Crippen LogP contribution in [-0.4, -0.2) is 183 Å². The summed E-state index contributed by atoms with van der Waals surface area (Å²) in [6, 6.07) is 13.2. The van der Waals surface area contributed by atoms with E-state index in [1.807, 2.05) is 24.3 Å².